The van der Waals surface area contributed by atoms with Crippen LogP contribution in [0.1, 0.15) is 5.56 Å². The standard InChI is InChI=1S/C8H6N6O3/c15-11-8(13-10-5-9-12-13)6-1-3-7(4-2-6)14(16)17/h1-5,15H/b11-8+. The molecule has 1 N–H and O–H groups in total. The second-order valence-electron chi connectivity index (χ2n) is 2.95. The topological polar surface area (TPSA) is 119 Å². The first-order valence-corrected chi connectivity index (χ1v) is 4.42. The predicted molar refractivity (Wildman–Crippen MR) is 54.6 cm³/mol. The summed E-state index contributed by atoms with van der Waals surface area (Å²) in [6.07, 6.45) is 1.18. The highest BCUT2D eigenvalue weighted by Crippen LogP contribution is 2.12. The lowest BCUT2D eigenvalue weighted by Crippen LogP contribution is -2.16. The number of hydrogen-bond acceptors (Lipinski definition) is 7. The van der Waals surface area contributed by atoms with Crippen molar-refractivity contribution in [2.45, 2.75) is 0 Å². The molecular formula is C8H6N6O3. The Bertz CT molecular complexity index is 547. The molecule has 1 heterocycles. The smallest absolute Gasteiger partial charge is 0.269 e. The van der Waals surface area contributed by atoms with E-state index in [4.69, 9.17) is 5.21 Å². The van der Waals surface area contributed by atoms with Gasteiger partial charge in [0.05, 0.1) is 4.92 Å². The molecule has 9 nitrogen and oxygen atoms in total. The summed E-state index contributed by atoms with van der Waals surface area (Å²) >= 11 is 0. The second-order valence-corrected chi connectivity index (χ2v) is 2.95. The van der Waals surface area contributed by atoms with E-state index in [0.717, 1.165) is 4.80 Å². The van der Waals surface area contributed by atoms with E-state index in [1.165, 1.54) is 30.6 Å². The Labute approximate surface area is 94.1 Å². The van der Waals surface area contributed by atoms with Gasteiger partial charge < -0.3 is 5.21 Å². The lowest BCUT2D eigenvalue weighted by Gasteiger charge is -2.01. The fourth-order valence-corrected chi connectivity index (χ4v) is 1.21. The Morgan fingerprint density at radius 1 is 1.41 bits per heavy atom. The van der Waals surface area contributed by atoms with Crippen LogP contribution in [0.4, 0.5) is 5.69 Å². The molecular weight excluding hydrogens is 228 g/mol. The number of nitro groups is 1. The van der Waals surface area contributed by atoms with Crippen molar-refractivity contribution < 1.29 is 10.1 Å². The Kier molecular flexibility index (Phi) is 2.73. The van der Waals surface area contributed by atoms with Gasteiger partial charge in [-0.3, -0.25) is 10.1 Å². The van der Waals surface area contributed by atoms with Crippen LogP contribution in [0.15, 0.2) is 35.7 Å². The van der Waals surface area contributed by atoms with E-state index in [9.17, 15) is 10.1 Å². The molecule has 0 saturated heterocycles. The summed E-state index contributed by atoms with van der Waals surface area (Å²) in [6, 6.07) is 5.43. The molecule has 2 rings (SSSR count). The van der Waals surface area contributed by atoms with E-state index < -0.39 is 4.92 Å². The van der Waals surface area contributed by atoms with Gasteiger partial charge in [-0.25, -0.2) is 0 Å². The van der Waals surface area contributed by atoms with Crippen molar-refractivity contribution in [2.24, 2.45) is 5.16 Å². The number of oxime groups is 1. The fourth-order valence-electron chi connectivity index (χ4n) is 1.21. The van der Waals surface area contributed by atoms with E-state index in [1.54, 1.807) is 0 Å². The molecule has 17 heavy (non-hydrogen) atoms. The van der Waals surface area contributed by atoms with Gasteiger partial charge in [-0.2, -0.15) is 0 Å². The molecule has 9 heteroatoms. The van der Waals surface area contributed by atoms with Crippen LogP contribution in [0, 0.1) is 10.1 Å². The van der Waals surface area contributed by atoms with Gasteiger partial charge in [-0.05, 0) is 17.3 Å². The van der Waals surface area contributed by atoms with E-state index in [-0.39, 0.29) is 11.5 Å². The van der Waals surface area contributed by atoms with Crippen molar-refractivity contribution in [1.29, 1.82) is 0 Å². The Morgan fingerprint density at radius 3 is 2.59 bits per heavy atom. The van der Waals surface area contributed by atoms with Gasteiger partial charge in [0.1, 0.15) is 0 Å². The largest absolute Gasteiger partial charge is 0.409 e. The van der Waals surface area contributed by atoms with Crippen LogP contribution in [-0.2, 0) is 0 Å². The molecule has 0 saturated carbocycles. The maximum atomic E-state index is 10.5. The summed E-state index contributed by atoms with van der Waals surface area (Å²) in [5.74, 6) is 0.0254. The zero-order valence-electron chi connectivity index (χ0n) is 8.33. The van der Waals surface area contributed by atoms with Gasteiger partial charge in [0, 0.05) is 17.7 Å². The third-order valence-electron chi connectivity index (χ3n) is 1.97. The molecule has 0 amide bonds. The number of nitro benzene ring substituents is 1. The Hall–Kier alpha value is -2.84. The van der Waals surface area contributed by atoms with Crippen molar-refractivity contribution in [3.63, 3.8) is 0 Å². The summed E-state index contributed by atoms with van der Waals surface area (Å²) < 4.78 is 0. The molecule has 86 valence electrons. The normalized spacial score (nSPS) is 11.4. The minimum Gasteiger partial charge on any atom is -0.409 e. The molecule has 0 unspecified atom stereocenters. The van der Waals surface area contributed by atoms with Crippen molar-refractivity contribution in [3.8, 4) is 0 Å². The van der Waals surface area contributed by atoms with Gasteiger partial charge in [-0.15, -0.1) is 15.0 Å². The molecule has 0 fully saturated rings. The van der Waals surface area contributed by atoms with Gasteiger partial charge in [0.15, 0.2) is 6.33 Å². The fraction of sp³-hybridized carbons (Fsp3) is 0. The molecule has 1 aromatic heterocycles. The van der Waals surface area contributed by atoms with Gasteiger partial charge >= 0.3 is 0 Å². The average Bonchev–Trinajstić information content (AvgIpc) is 2.84. The molecule has 0 spiro atoms. The van der Waals surface area contributed by atoms with Crippen LogP contribution in [0.5, 0.6) is 0 Å². The number of non-ortho nitro benzene ring substituents is 1. The maximum absolute atomic E-state index is 10.5. The molecule has 0 aliphatic carbocycles. The third-order valence-corrected chi connectivity index (χ3v) is 1.97. The number of rotatable bonds is 2. The van der Waals surface area contributed by atoms with Crippen LogP contribution in [0.2, 0.25) is 0 Å². The zero-order valence-corrected chi connectivity index (χ0v) is 8.33. The maximum Gasteiger partial charge on any atom is 0.269 e. The first-order chi connectivity index (χ1) is 8.22. The summed E-state index contributed by atoms with van der Waals surface area (Å²) in [4.78, 5) is 10.9. The minimum atomic E-state index is -0.521. The number of benzene rings is 1. The van der Waals surface area contributed by atoms with Crippen molar-refractivity contribution in [1.82, 2.24) is 20.2 Å². The van der Waals surface area contributed by atoms with Crippen molar-refractivity contribution >= 4 is 11.5 Å². The number of nitrogens with zero attached hydrogens (tertiary/aromatic N) is 6. The van der Waals surface area contributed by atoms with Crippen LogP contribution in [-0.4, -0.2) is 36.2 Å². The molecule has 2 aromatic rings. The highest BCUT2D eigenvalue weighted by Gasteiger charge is 2.11. The first kappa shape index (κ1) is 10.7. The molecule has 0 aliphatic rings. The van der Waals surface area contributed by atoms with Gasteiger partial charge in [-0.1, -0.05) is 5.16 Å². The van der Waals surface area contributed by atoms with E-state index >= 15 is 0 Å². The molecule has 0 aliphatic heterocycles. The molecule has 0 bridgehead atoms. The molecule has 0 radical (unpaired) electrons. The highest BCUT2D eigenvalue weighted by atomic mass is 16.6. The number of hydrogen-bond donors (Lipinski definition) is 1. The summed E-state index contributed by atoms with van der Waals surface area (Å²) in [5, 5.41) is 33.0. The van der Waals surface area contributed by atoms with Gasteiger partial charge in [0.25, 0.3) is 5.69 Å². The molecule has 1 aromatic carbocycles. The monoisotopic (exact) mass is 234 g/mol. The molecule has 0 atom stereocenters. The summed E-state index contributed by atoms with van der Waals surface area (Å²) in [5.41, 5.74) is 0.369. The van der Waals surface area contributed by atoms with Crippen LogP contribution in [0.25, 0.3) is 0 Å². The lowest BCUT2D eigenvalue weighted by atomic mass is 10.2. The van der Waals surface area contributed by atoms with E-state index in [2.05, 4.69) is 20.6 Å². The summed E-state index contributed by atoms with van der Waals surface area (Å²) in [6.45, 7) is 0. The van der Waals surface area contributed by atoms with Crippen molar-refractivity contribution in [2.75, 3.05) is 0 Å². The highest BCUT2D eigenvalue weighted by molar-refractivity contribution is 5.98. The first-order valence-electron chi connectivity index (χ1n) is 4.42. The SMILES string of the molecule is O=[N+]([O-])c1ccc(/C(=N\O)n2ncnn2)cc1. The van der Waals surface area contributed by atoms with Crippen LogP contribution in [0.3, 0.4) is 0 Å². The van der Waals surface area contributed by atoms with Gasteiger partial charge in [0.2, 0.25) is 5.84 Å². The lowest BCUT2D eigenvalue weighted by molar-refractivity contribution is -0.384. The quantitative estimate of drug-likeness (QED) is 0.262. The Balaban J connectivity index is 2.37. The minimum absolute atomic E-state index is 0.0254. The van der Waals surface area contributed by atoms with E-state index in [1.807, 2.05) is 0 Å². The van der Waals surface area contributed by atoms with Crippen molar-refractivity contribution in [3.05, 3.63) is 46.3 Å². The summed E-state index contributed by atoms with van der Waals surface area (Å²) in [7, 11) is 0. The van der Waals surface area contributed by atoms with E-state index in [0.29, 0.717) is 5.56 Å². The van der Waals surface area contributed by atoms with Crippen LogP contribution >= 0.6 is 0 Å². The predicted octanol–water partition coefficient (Wildman–Crippen LogP) is 0.265. The number of tetrazole rings is 1. The third kappa shape index (κ3) is 2.07. The van der Waals surface area contributed by atoms with Crippen LogP contribution < -0.4 is 0 Å². The average molecular weight is 234 g/mol. The Morgan fingerprint density at radius 2 is 2.12 bits per heavy atom. The second kappa shape index (κ2) is 4.35. The number of aromatic nitrogens is 4. The zero-order chi connectivity index (χ0) is 12.3.